The summed E-state index contributed by atoms with van der Waals surface area (Å²) in [4.78, 5) is 14.5. The number of anilines is 1. The molecule has 4 nitrogen and oxygen atoms in total. The van der Waals surface area contributed by atoms with Crippen LogP contribution in [0.2, 0.25) is 0 Å². The molecule has 0 fully saturated rings. The van der Waals surface area contributed by atoms with Crippen LogP contribution in [0.4, 0.5) is 10.5 Å². The monoisotopic (exact) mass is 294 g/mol. The minimum absolute atomic E-state index is 0.193. The smallest absolute Gasteiger partial charge is 0.411 e. The van der Waals surface area contributed by atoms with Gasteiger partial charge in [-0.3, -0.25) is 5.32 Å². The molecule has 0 aliphatic heterocycles. The quantitative estimate of drug-likeness (QED) is 0.849. The van der Waals surface area contributed by atoms with Crippen LogP contribution in [0.5, 0.6) is 0 Å². The molecule has 0 spiro atoms. The van der Waals surface area contributed by atoms with Crippen LogP contribution in [-0.2, 0) is 4.74 Å². The van der Waals surface area contributed by atoms with Crippen molar-refractivity contribution in [2.45, 2.75) is 0 Å². The van der Waals surface area contributed by atoms with Crippen molar-refractivity contribution in [3.8, 4) is 0 Å². The first-order valence-electron chi connectivity index (χ1n) is 5.02. The second-order valence-corrected chi connectivity index (χ2v) is 4.23. The first-order chi connectivity index (χ1) is 8.22. The van der Waals surface area contributed by atoms with Crippen molar-refractivity contribution in [2.24, 2.45) is 0 Å². The van der Waals surface area contributed by atoms with Crippen molar-refractivity contribution in [3.63, 3.8) is 0 Å². The molecule has 0 aliphatic rings. The highest BCUT2D eigenvalue weighted by atomic mass is 79.9. The number of carbonyl (C=O) groups is 1. The number of ether oxygens (including phenoxy) is 1. The number of nitrogens with one attached hydrogen (secondary N) is 2. The normalized spacial score (nSPS) is 10.2. The van der Waals surface area contributed by atoms with Crippen molar-refractivity contribution < 1.29 is 9.53 Å². The zero-order valence-corrected chi connectivity index (χ0v) is 10.6. The number of amides is 1. The molecule has 17 heavy (non-hydrogen) atoms. The van der Waals surface area contributed by atoms with Crippen LogP contribution >= 0.6 is 15.9 Å². The summed E-state index contributed by atoms with van der Waals surface area (Å²) >= 11 is 3.43. The molecule has 0 saturated heterocycles. The second kappa shape index (κ2) is 5.05. The Hall–Kier alpha value is -1.75. The molecule has 0 saturated carbocycles. The molecule has 2 rings (SSSR count). The summed E-state index contributed by atoms with van der Waals surface area (Å²) in [6.45, 7) is 3.67. The molecule has 0 aliphatic carbocycles. The van der Waals surface area contributed by atoms with E-state index in [0.29, 0.717) is 5.69 Å². The summed E-state index contributed by atoms with van der Waals surface area (Å²) in [6.07, 6.45) is 2.85. The lowest BCUT2D eigenvalue weighted by atomic mass is 10.2. The Morgan fingerprint density at radius 1 is 1.53 bits per heavy atom. The number of hydrogen-bond acceptors (Lipinski definition) is 2. The van der Waals surface area contributed by atoms with Crippen molar-refractivity contribution >= 4 is 38.6 Å². The molecule has 1 aromatic carbocycles. The Morgan fingerprint density at radius 2 is 2.35 bits per heavy atom. The fraction of sp³-hybridized carbons (Fsp3) is 0.0833. The van der Waals surface area contributed by atoms with Gasteiger partial charge in [0.05, 0.1) is 11.2 Å². The van der Waals surface area contributed by atoms with Crippen LogP contribution in [0.3, 0.4) is 0 Å². The molecule has 0 atom stereocenters. The van der Waals surface area contributed by atoms with E-state index in [2.05, 4.69) is 32.8 Å². The van der Waals surface area contributed by atoms with Crippen molar-refractivity contribution in [3.05, 3.63) is 41.5 Å². The fourth-order valence-corrected chi connectivity index (χ4v) is 1.97. The van der Waals surface area contributed by atoms with Crippen LogP contribution in [-0.4, -0.2) is 17.7 Å². The second-order valence-electron chi connectivity index (χ2n) is 3.37. The average Bonchev–Trinajstić information content (AvgIpc) is 2.80. The largest absolute Gasteiger partial charge is 0.445 e. The number of benzene rings is 1. The van der Waals surface area contributed by atoms with Gasteiger partial charge in [-0.15, -0.1) is 0 Å². The summed E-state index contributed by atoms with van der Waals surface area (Å²) in [5, 5.41) is 3.61. The van der Waals surface area contributed by atoms with E-state index in [1.165, 1.54) is 6.08 Å². The van der Waals surface area contributed by atoms with Gasteiger partial charge in [-0.05, 0) is 34.1 Å². The van der Waals surface area contributed by atoms with Crippen molar-refractivity contribution in [2.75, 3.05) is 11.9 Å². The lowest BCUT2D eigenvalue weighted by Crippen LogP contribution is -2.13. The maximum Gasteiger partial charge on any atom is 0.411 e. The lowest BCUT2D eigenvalue weighted by Gasteiger charge is -2.07. The van der Waals surface area contributed by atoms with Crippen LogP contribution in [0.1, 0.15) is 0 Å². The first kappa shape index (κ1) is 11.7. The van der Waals surface area contributed by atoms with Gasteiger partial charge < -0.3 is 9.72 Å². The number of carbonyl (C=O) groups excluding carboxylic acids is 1. The highest BCUT2D eigenvalue weighted by Gasteiger charge is 2.08. The maximum absolute atomic E-state index is 11.4. The maximum atomic E-state index is 11.4. The molecular formula is C12H11BrN2O2. The molecule has 5 heteroatoms. The molecule has 0 unspecified atom stereocenters. The summed E-state index contributed by atoms with van der Waals surface area (Å²) in [5.41, 5.74) is 1.64. The van der Waals surface area contributed by atoms with Gasteiger partial charge in [0.2, 0.25) is 0 Å². The van der Waals surface area contributed by atoms with E-state index in [1.807, 2.05) is 24.4 Å². The van der Waals surface area contributed by atoms with E-state index in [1.54, 1.807) is 0 Å². The summed E-state index contributed by atoms with van der Waals surface area (Å²) in [5.74, 6) is 0. The molecule has 1 aromatic heterocycles. The van der Waals surface area contributed by atoms with E-state index >= 15 is 0 Å². The fourth-order valence-electron chi connectivity index (χ4n) is 1.51. The number of H-pyrrole nitrogens is 1. The van der Waals surface area contributed by atoms with E-state index in [0.717, 1.165) is 15.4 Å². The van der Waals surface area contributed by atoms with Gasteiger partial charge in [0.1, 0.15) is 6.61 Å². The zero-order valence-electron chi connectivity index (χ0n) is 9.00. The Morgan fingerprint density at radius 3 is 3.12 bits per heavy atom. The molecule has 88 valence electrons. The number of aromatic amines is 1. The van der Waals surface area contributed by atoms with Crippen LogP contribution in [0, 0.1) is 0 Å². The predicted octanol–water partition coefficient (Wildman–Crippen LogP) is 3.66. The van der Waals surface area contributed by atoms with Crippen LogP contribution in [0.15, 0.2) is 41.5 Å². The minimum atomic E-state index is -0.491. The third-order valence-electron chi connectivity index (χ3n) is 2.24. The topological polar surface area (TPSA) is 54.1 Å². The van der Waals surface area contributed by atoms with Gasteiger partial charge in [-0.1, -0.05) is 12.7 Å². The van der Waals surface area contributed by atoms with Crippen LogP contribution in [0.25, 0.3) is 10.9 Å². The van der Waals surface area contributed by atoms with Gasteiger partial charge in [0.15, 0.2) is 0 Å². The number of hydrogen-bond donors (Lipinski definition) is 2. The molecular weight excluding hydrogens is 284 g/mol. The number of halogens is 1. The predicted molar refractivity (Wildman–Crippen MR) is 71.2 cm³/mol. The van der Waals surface area contributed by atoms with E-state index in [9.17, 15) is 4.79 Å². The molecule has 2 N–H and O–H groups in total. The van der Waals surface area contributed by atoms with Gasteiger partial charge in [0, 0.05) is 16.1 Å². The summed E-state index contributed by atoms with van der Waals surface area (Å²) in [6, 6.07) is 5.57. The SMILES string of the molecule is C=CCOC(=O)Nc1ccc(Br)c2[nH]ccc12. The van der Waals surface area contributed by atoms with Crippen LogP contribution < -0.4 is 5.32 Å². The highest BCUT2D eigenvalue weighted by molar-refractivity contribution is 9.10. The van der Waals surface area contributed by atoms with Gasteiger partial charge in [-0.25, -0.2) is 4.79 Å². The molecule has 0 bridgehead atoms. The Bertz CT molecular complexity index is 563. The van der Waals surface area contributed by atoms with Gasteiger partial charge in [0.25, 0.3) is 0 Å². The molecule has 1 heterocycles. The first-order valence-corrected chi connectivity index (χ1v) is 5.82. The van der Waals surface area contributed by atoms with E-state index < -0.39 is 6.09 Å². The lowest BCUT2D eigenvalue weighted by molar-refractivity contribution is 0.174. The third kappa shape index (κ3) is 2.50. The van der Waals surface area contributed by atoms with E-state index in [4.69, 9.17) is 4.74 Å². The van der Waals surface area contributed by atoms with E-state index in [-0.39, 0.29) is 6.61 Å². The average molecular weight is 295 g/mol. The Balaban J connectivity index is 2.24. The van der Waals surface area contributed by atoms with Crippen molar-refractivity contribution in [1.29, 1.82) is 0 Å². The standard InChI is InChI=1S/C12H11BrN2O2/c1-2-7-17-12(16)15-10-4-3-9(13)11-8(10)5-6-14-11/h2-6,14H,1,7H2,(H,15,16). The van der Waals surface area contributed by atoms with Gasteiger partial charge in [-0.2, -0.15) is 0 Å². The Labute approximate surface area is 107 Å². The highest BCUT2D eigenvalue weighted by Crippen LogP contribution is 2.29. The molecule has 1 amide bonds. The number of fused-ring (bicyclic) bond motifs is 1. The van der Waals surface area contributed by atoms with Gasteiger partial charge >= 0.3 is 6.09 Å². The molecule has 2 aromatic rings. The molecule has 0 radical (unpaired) electrons. The summed E-state index contributed by atoms with van der Waals surface area (Å²) in [7, 11) is 0. The zero-order chi connectivity index (χ0) is 12.3. The summed E-state index contributed by atoms with van der Waals surface area (Å²) < 4.78 is 5.81. The minimum Gasteiger partial charge on any atom is -0.445 e. The number of rotatable bonds is 3. The third-order valence-corrected chi connectivity index (χ3v) is 2.90. The Kier molecular flexibility index (Phi) is 3.49. The van der Waals surface area contributed by atoms with Crippen molar-refractivity contribution in [1.82, 2.24) is 4.98 Å². The number of aromatic nitrogens is 1.